The highest BCUT2D eigenvalue weighted by molar-refractivity contribution is 6.00. The molecule has 3 rings (SSSR count). The van der Waals surface area contributed by atoms with Crippen LogP contribution in [0.2, 0.25) is 0 Å². The zero-order chi connectivity index (χ0) is 18.7. The van der Waals surface area contributed by atoms with E-state index in [1.54, 1.807) is 12.1 Å². The van der Waals surface area contributed by atoms with Gasteiger partial charge in [-0.15, -0.1) is 0 Å². The third kappa shape index (κ3) is 3.60. The number of benzene rings is 2. The molecule has 0 radical (unpaired) electrons. The fourth-order valence-electron chi connectivity index (χ4n) is 2.69. The first-order chi connectivity index (χ1) is 12.5. The molecule has 1 heterocycles. The van der Waals surface area contributed by atoms with Crippen molar-refractivity contribution in [3.63, 3.8) is 0 Å². The molecular weight excluding hydrogens is 332 g/mol. The lowest BCUT2D eigenvalue weighted by Gasteiger charge is -2.15. The number of para-hydroxylation sites is 1. The fraction of sp³-hybridized carbons (Fsp3) is 0.200. The first-order valence-corrected chi connectivity index (χ1v) is 8.11. The molecule has 0 aliphatic rings. The average molecular weight is 352 g/mol. The van der Waals surface area contributed by atoms with Crippen molar-refractivity contribution in [2.45, 2.75) is 6.54 Å². The molecule has 0 aliphatic heterocycles. The van der Waals surface area contributed by atoms with Gasteiger partial charge in [-0.2, -0.15) is 0 Å². The van der Waals surface area contributed by atoms with Crippen LogP contribution < -0.4 is 4.74 Å². The van der Waals surface area contributed by atoms with E-state index in [0.717, 1.165) is 5.39 Å². The lowest BCUT2D eigenvalue weighted by molar-refractivity contribution is 0.0590. The second kappa shape index (κ2) is 7.41. The first kappa shape index (κ1) is 17.7. The summed E-state index contributed by atoms with van der Waals surface area (Å²) in [4.78, 5) is 18.2. The molecule has 1 N–H and O–H groups in total. The molecule has 26 heavy (non-hydrogen) atoms. The summed E-state index contributed by atoms with van der Waals surface area (Å²) in [6.45, 7) is 0.496. The molecule has 0 atom stereocenters. The summed E-state index contributed by atoms with van der Waals surface area (Å²) < 4.78 is 10.6. The third-order valence-corrected chi connectivity index (χ3v) is 3.85. The second-order valence-electron chi connectivity index (χ2n) is 6.11. The van der Waals surface area contributed by atoms with E-state index in [0.29, 0.717) is 29.1 Å². The van der Waals surface area contributed by atoms with Crippen LogP contribution in [0.15, 0.2) is 48.5 Å². The number of pyridine rings is 1. The van der Waals surface area contributed by atoms with Gasteiger partial charge < -0.3 is 19.5 Å². The number of carbonyl (C=O) groups is 1. The molecule has 0 saturated heterocycles. The zero-order valence-electron chi connectivity index (χ0n) is 14.9. The Morgan fingerprint density at radius 1 is 1.08 bits per heavy atom. The number of hydrogen-bond donors (Lipinski definition) is 1. The number of methoxy groups -OCH3 is 1. The number of rotatable bonds is 5. The fourth-order valence-corrected chi connectivity index (χ4v) is 2.69. The molecule has 0 unspecified atom stereocenters. The standard InChI is InChI=1S/C20H20N2O4/c1-22(2)12-17-16-11-14(26-13-7-5-4-6-8-13)9-10-15(16)19(23)18(21-17)20(24)25-3/h4-11,23H,12H2,1-3H3. The maximum Gasteiger partial charge on any atom is 0.360 e. The van der Waals surface area contributed by atoms with Crippen molar-refractivity contribution in [2.75, 3.05) is 21.2 Å². The lowest BCUT2D eigenvalue weighted by atomic mass is 10.1. The summed E-state index contributed by atoms with van der Waals surface area (Å²) in [6, 6.07) is 14.7. The molecule has 2 aromatic carbocycles. The van der Waals surface area contributed by atoms with E-state index in [-0.39, 0.29) is 11.4 Å². The minimum absolute atomic E-state index is 0.0893. The smallest absolute Gasteiger partial charge is 0.360 e. The number of carbonyl (C=O) groups excluding carboxylic acids is 1. The number of aromatic hydroxyl groups is 1. The van der Waals surface area contributed by atoms with Gasteiger partial charge in [-0.1, -0.05) is 18.2 Å². The molecule has 3 aromatic rings. The summed E-state index contributed by atoms with van der Waals surface area (Å²) in [6.07, 6.45) is 0. The predicted molar refractivity (Wildman–Crippen MR) is 98.7 cm³/mol. The van der Waals surface area contributed by atoms with Crippen LogP contribution in [0.5, 0.6) is 17.2 Å². The number of nitrogens with zero attached hydrogens (tertiary/aromatic N) is 2. The minimum atomic E-state index is -0.672. The minimum Gasteiger partial charge on any atom is -0.505 e. The lowest BCUT2D eigenvalue weighted by Crippen LogP contribution is -2.15. The largest absolute Gasteiger partial charge is 0.505 e. The first-order valence-electron chi connectivity index (χ1n) is 8.11. The van der Waals surface area contributed by atoms with Gasteiger partial charge >= 0.3 is 5.97 Å². The number of esters is 1. The Labute approximate surface area is 151 Å². The Bertz CT molecular complexity index is 939. The predicted octanol–water partition coefficient (Wildman–Crippen LogP) is 3.58. The van der Waals surface area contributed by atoms with E-state index in [2.05, 4.69) is 4.98 Å². The third-order valence-electron chi connectivity index (χ3n) is 3.85. The number of fused-ring (bicyclic) bond motifs is 1. The molecule has 6 heteroatoms. The Hall–Kier alpha value is -3.12. The Morgan fingerprint density at radius 2 is 1.81 bits per heavy atom. The Kier molecular flexibility index (Phi) is 5.04. The molecular formula is C20H20N2O4. The highest BCUT2D eigenvalue weighted by Crippen LogP contribution is 2.34. The highest BCUT2D eigenvalue weighted by atomic mass is 16.5. The van der Waals surface area contributed by atoms with Crippen LogP contribution >= 0.6 is 0 Å². The molecule has 134 valence electrons. The SMILES string of the molecule is COC(=O)c1nc(CN(C)C)c2cc(Oc3ccccc3)ccc2c1O. The van der Waals surface area contributed by atoms with Crippen LogP contribution in [0.1, 0.15) is 16.2 Å². The number of ether oxygens (including phenoxy) is 2. The van der Waals surface area contributed by atoms with E-state index < -0.39 is 5.97 Å². The normalized spacial score (nSPS) is 10.9. The summed E-state index contributed by atoms with van der Waals surface area (Å²) in [5, 5.41) is 11.7. The summed E-state index contributed by atoms with van der Waals surface area (Å²) in [7, 11) is 5.07. The van der Waals surface area contributed by atoms with Crippen LogP contribution in [0.25, 0.3) is 10.8 Å². The molecule has 0 aliphatic carbocycles. The average Bonchev–Trinajstić information content (AvgIpc) is 2.64. The van der Waals surface area contributed by atoms with Gasteiger partial charge in [0.2, 0.25) is 0 Å². The molecule has 0 fully saturated rings. The van der Waals surface area contributed by atoms with Crippen molar-refractivity contribution < 1.29 is 19.4 Å². The number of aromatic nitrogens is 1. The van der Waals surface area contributed by atoms with Gasteiger partial charge in [-0.25, -0.2) is 9.78 Å². The summed E-state index contributed by atoms with van der Waals surface area (Å²) in [5.74, 6) is 0.467. The maximum absolute atomic E-state index is 11.9. The number of hydrogen-bond acceptors (Lipinski definition) is 6. The van der Waals surface area contributed by atoms with Crippen molar-refractivity contribution in [3.05, 3.63) is 59.9 Å². The van der Waals surface area contributed by atoms with Crippen molar-refractivity contribution >= 4 is 16.7 Å². The van der Waals surface area contributed by atoms with Crippen molar-refractivity contribution in [3.8, 4) is 17.2 Å². The van der Waals surface area contributed by atoms with Crippen LogP contribution in [-0.2, 0) is 11.3 Å². The Balaban J connectivity index is 2.13. The molecule has 0 saturated carbocycles. The molecule has 6 nitrogen and oxygen atoms in total. The summed E-state index contributed by atoms with van der Waals surface area (Å²) >= 11 is 0. The van der Waals surface area contributed by atoms with Gasteiger partial charge in [-0.05, 0) is 44.4 Å². The van der Waals surface area contributed by atoms with E-state index in [4.69, 9.17) is 9.47 Å². The van der Waals surface area contributed by atoms with Crippen molar-refractivity contribution in [1.29, 1.82) is 0 Å². The summed E-state index contributed by atoms with van der Waals surface area (Å²) in [5.41, 5.74) is 0.565. The van der Waals surface area contributed by atoms with Crippen LogP contribution in [0, 0.1) is 0 Å². The Morgan fingerprint density at radius 3 is 2.46 bits per heavy atom. The van der Waals surface area contributed by atoms with Gasteiger partial charge in [0.05, 0.1) is 12.8 Å². The van der Waals surface area contributed by atoms with Crippen molar-refractivity contribution in [1.82, 2.24) is 9.88 Å². The molecule has 1 aromatic heterocycles. The highest BCUT2D eigenvalue weighted by Gasteiger charge is 2.20. The van der Waals surface area contributed by atoms with Gasteiger partial charge in [0.15, 0.2) is 11.4 Å². The van der Waals surface area contributed by atoms with E-state index in [1.165, 1.54) is 7.11 Å². The van der Waals surface area contributed by atoms with Gasteiger partial charge in [0, 0.05) is 17.3 Å². The molecule has 0 spiro atoms. The van der Waals surface area contributed by atoms with Gasteiger partial charge in [0.1, 0.15) is 11.5 Å². The molecule has 0 bridgehead atoms. The zero-order valence-corrected chi connectivity index (χ0v) is 14.9. The van der Waals surface area contributed by atoms with E-state index in [9.17, 15) is 9.90 Å². The maximum atomic E-state index is 11.9. The van der Waals surface area contributed by atoms with E-state index in [1.807, 2.05) is 55.4 Å². The quantitative estimate of drug-likeness (QED) is 0.708. The van der Waals surface area contributed by atoms with Crippen LogP contribution in [0.3, 0.4) is 0 Å². The topological polar surface area (TPSA) is 71.9 Å². The van der Waals surface area contributed by atoms with Crippen molar-refractivity contribution in [2.24, 2.45) is 0 Å². The van der Waals surface area contributed by atoms with Gasteiger partial charge in [0.25, 0.3) is 0 Å². The van der Waals surface area contributed by atoms with Crippen LogP contribution in [-0.4, -0.2) is 42.2 Å². The molecule has 0 amide bonds. The van der Waals surface area contributed by atoms with E-state index >= 15 is 0 Å². The van der Waals surface area contributed by atoms with Gasteiger partial charge in [-0.3, -0.25) is 0 Å². The second-order valence-corrected chi connectivity index (χ2v) is 6.11. The monoisotopic (exact) mass is 352 g/mol. The van der Waals surface area contributed by atoms with Crippen LogP contribution in [0.4, 0.5) is 0 Å².